The average molecular weight is 458 g/mol. The van der Waals surface area contributed by atoms with Gasteiger partial charge in [0.25, 0.3) is 0 Å². The van der Waals surface area contributed by atoms with Crippen LogP contribution in [-0.4, -0.2) is 66.7 Å². The van der Waals surface area contributed by atoms with E-state index in [2.05, 4.69) is 4.72 Å². The van der Waals surface area contributed by atoms with Crippen molar-refractivity contribution in [1.82, 2.24) is 9.03 Å². The number of rotatable bonds is 8. The van der Waals surface area contributed by atoms with Crippen molar-refractivity contribution in [1.29, 1.82) is 0 Å². The van der Waals surface area contributed by atoms with E-state index in [0.29, 0.717) is 18.8 Å². The van der Waals surface area contributed by atoms with Crippen molar-refractivity contribution in [3.8, 4) is 5.75 Å². The molecule has 0 aliphatic carbocycles. The van der Waals surface area contributed by atoms with Gasteiger partial charge in [-0.3, -0.25) is 0 Å². The van der Waals surface area contributed by atoms with Gasteiger partial charge in [-0.15, -0.1) is 0 Å². The maximum atomic E-state index is 13.1. The number of sulfonamides is 2. The number of nitrogens with one attached hydrogen (secondary N) is 1. The van der Waals surface area contributed by atoms with Gasteiger partial charge in [0.1, 0.15) is 11.6 Å². The first-order valence-corrected chi connectivity index (χ1v) is 12.4. The maximum Gasteiger partial charge on any atom is 0.240 e. The van der Waals surface area contributed by atoms with E-state index in [0.717, 1.165) is 5.69 Å². The Morgan fingerprint density at radius 1 is 0.933 bits per heavy atom. The molecule has 2 aromatic carbocycles. The number of halogens is 1. The van der Waals surface area contributed by atoms with Crippen LogP contribution in [0.25, 0.3) is 0 Å². The lowest BCUT2D eigenvalue weighted by Crippen LogP contribution is -2.50. The monoisotopic (exact) mass is 457 g/mol. The van der Waals surface area contributed by atoms with Crippen LogP contribution in [0.4, 0.5) is 10.1 Å². The predicted molar refractivity (Wildman–Crippen MR) is 112 cm³/mol. The molecule has 1 aliphatic rings. The number of methoxy groups -OCH3 is 1. The number of hydrogen-bond acceptors (Lipinski definition) is 6. The molecule has 2 aromatic rings. The van der Waals surface area contributed by atoms with Crippen LogP contribution in [0.3, 0.4) is 0 Å². The largest absolute Gasteiger partial charge is 0.497 e. The Bertz CT molecular complexity index is 1050. The van der Waals surface area contributed by atoms with E-state index in [1.807, 2.05) is 4.90 Å². The van der Waals surface area contributed by atoms with E-state index in [1.54, 1.807) is 12.1 Å². The third-order valence-electron chi connectivity index (χ3n) is 4.85. The summed E-state index contributed by atoms with van der Waals surface area (Å²) in [6.45, 7) is 1.29. The van der Waals surface area contributed by atoms with E-state index in [4.69, 9.17) is 4.74 Å². The summed E-state index contributed by atoms with van der Waals surface area (Å²) in [5.74, 6) is -0.132. The second-order valence-electron chi connectivity index (χ2n) is 6.75. The highest BCUT2D eigenvalue weighted by molar-refractivity contribution is 7.90. The highest BCUT2D eigenvalue weighted by atomic mass is 32.2. The highest BCUT2D eigenvalue weighted by Gasteiger charge is 2.27. The van der Waals surface area contributed by atoms with Crippen molar-refractivity contribution in [2.45, 2.75) is 4.90 Å². The summed E-state index contributed by atoms with van der Waals surface area (Å²) in [6, 6.07) is 11.9. The third kappa shape index (κ3) is 5.48. The van der Waals surface area contributed by atoms with Crippen LogP contribution in [0.15, 0.2) is 53.4 Å². The van der Waals surface area contributed by atoms with Crippen molar-refractivity contribution in [3.05, 3.63) is 54.3 Å². The van der Waals surface area contributed by atoms with Gasteiger partial charge in [-0.2, -0.15) is 4.31 Å². The molecule has 11 heteroatoms. The number of anilines is 1. The molecule has 30 heavy (non-hydrogen) atoms. The van der Waals surface area contributed by atoms with E-state index < -0.39 is 20.0 Å². The summed E-state index contributed by atoms with van der Waals surface area (Å²) >= 11 is 0. The fourth-order valence-electron chi connectivity index (χ4n) is 3.15. The molecule has 0 bridgehead atoms. The highest BCUT2D eigenvalue weighted by Crippen LogP contribution is 2.18. The molecule has 1 saturated heterocycles. The van der Waals surface area contributed by atoms with E-state index in [1.165, 1.54) is 47.8 Å². The van der Waals surface area contributed by atoms with Gasteiger partial charge in [-0.1, -0.05) is 0 Å². The summed E-state index contributed by atoms with van der Waals surface area (Å²) in [4.78, 5) is 2.02. The Balaban J connectivity index is 1.52. The van der Waals surface area contributed by atoms with Crippen LogP contribution in [-0.2, 0) is 20.0 Å². The fraction of sp³-hybridized carbons (Fsp3) is 0.368. The molecule has 1 heterocycles. The molecule has 0 aromatic heterocycles. The Hall–Kier alpha value is -2.21. The fourth-order valence-corrected chi connectivity index (χ4v) is 5.65. The lowest BCUT2D eigenvalue weighted by atomic mass is 10.2. The number of ether oxygens (including phenoxy) is 1. The zero-order chi connectivity index (χ0) is 21.8. The van der Waals surface area contributed by atoms with Crippen LogP contribution in [0.1, 0.15) is 0 Å². The molecule has 0 spiro atoms. The maximum absolute atomic E-state index is 13.1. The second-order valence-corrected chi connectivity index (χ2v) is 10.6. The lowest BCUT2D eigenvalue weighted by molar-refractivity contribution is 0.385. The smallest absolute Gasteiger partial charge is 0.240 e. The second kappa shape index (κ2) is 9.29. The van der Waals surface area contributed by atoms with Crippen molar-refractivity contribution >= 4 is 25.7 Å². The third-order valence-corrected chi connectivity index (χ3v) is 8.19. The van der Waals surface area contributed by atoms with Crippen molar-refractivity contribution in [2.24, 2.45) is 0 Å². The number of piperazine rings is 1. The van der Waals surface area contributed by atoms with Crippen molar-refractivity contribution < 1.29 is 26.0 Å². The molecule has 1 N–H and O–H groups in total. The van der Waals surface area contributed by atoms with Gasteiger partial charge in [0, 0.05) is 38.4 Å². The summed E-state index contributed by atoms with van der Waals surface area (Å²) in [7, 11) is -5.95. The SMILES string of the molecule is COc1ccc(S(=O)(=O)NCCS(=O)(=O)N2CCN(c3ccc(F)cc3)CC2)cc1. The van der Waals surface area contributed by atoms with Gasteiger partial charge in [-0.25, -0.2) is 25.9 Å². The van der Waals surface area contributed by atoms with Gasteiger partial charge < -0.3 is 9.64 Å². The van der Waals surface area contributed by atoms with Crippen molar-refractivity contribution in [2.75, 3.05) is 50.5 Å². The number of hydrogen-bond donors (Lipinski definition) is 1. The summed E-state index contributed by atoms with van der Waals surface area (Å²) in [5, 5.41) is 0. The van der Waals surface area contributed by atoms with Gasteiger partial charge in [0.2, 0.25) is 20.0 Å². The molecule has 1 aliphatic heterocycles. The van der Waals surface area contributed by atoms with Crippen LogP contribution < -0.4 is 14.4 Å². The topological polar surface area (TPSA) is 96.0 Å². The van der Waals surface area contributed by atoms with Gasteiger partial charge >= 0.3 is 0 Å². The Morgan fingerprint density at radius 3 is 2.10 bits per heavy atom. The van der Waals surface area contributed by atoms with E-state index in [-0.39, 0.29) is 36.1 Å². The molecule has 8 nitrogen and oxygen atoms in total. The normalized spacial score (nSPS) is 15.9. The zero-order valence-corrected chi connectivity index (χ0v) is 18.1. The first-order valence-electron chi connectivity index (χ1n) is 9.33. The molecular formula is C19H24FN3O5S2. The Kier molecular flexibility index (Phi) is 6.96. The zero-order valence-electron chi connectivity index (χ0n) is 16.5. The van der Waals surface area contributed by atoms with Crippen LogP contribution in [0.2, 0.25) is 0 Å². The number of benzene rings is 2. The molecule has 164 valence electrons. The Morgan fingerprint density at radius 2 is 1.53 bits per heavy atom. The minimum atomic E-state index is -3.81. The summed E-state index contributed by atoms with van der Waals surface area (Å²) < 4.78 is 71.6. The van der Waals surface area contributed by atoms with Crippen LogP contribution in [0.5, 0.6) is 5.75 Å². The summed E-state index contributed by atoms with van der Waals surface area (Å²) in [6.07, 6.45) is 0. The first kappa shape index (κ1) is 22.5. The summed E-state index contributed by atoms with van der Waals surface area (Å²) in [5.41, 5.74) is 0.834. The predicted octanol–water partition coefficient (Wildman–Crippen LogP) is 1.26. The molecule has 1 fully saturated rings. The quantitative estimate of drug-likeness (QED) is 0.641. The van der Waals surface area contributed by atoms with Gasteiger partial charge in [0.05, 0.1) is 17.8 Å². The molecular weight excluding hydrogens is 433 g/mol. The van der Waals surface area contributed by atoms with E-state index >= 15 is 0 Å². The van der Waals surface area contributed by atoms with Crippen molar-refractivity contribution in [3.63, 3.8) is 0 Å². The van der Waals surface area contributed by atoms with Gasteiger partial charge in [-0.05, 0) is 48.5 Å². The van der Waals surface area contributed by atoms with Gasteiger partial charge in [0.15, 0.2) is 0 Å². The average Bonchev–Trinajstić information content (AvgIpc) is 2.74. The molecule has 0 saturated carbocycles. The van der Waals surface area contributed by atoms with Crippen LogP contribution in [0, 0.1) is 5.82 Å². The number of nitrogens with zero attached hydrogens (tertiary/aromatic N) is 2. The minimum Gasteiger partial charge on any atom is -0.497 e. The Labute approximate surface area is 176 Å². The standard InChI is InChI=1S/C19H24FN3O5S2/c1-28-18-6-8-19(9-7-18)30(26,27)21-10-15-29(24,25)23-13-11-22(12-14-23)17-4-2-16(20)3-5-17/h2-9,21H,10-15H2,1H3. The van der Waals surface area contributed by atoms with Crippen LogP contribution >= 0.6 is 0 Å². The molecule has 0 unspecified atom stereocenters. The lowest BCUT2D eigenvalue weighted by Gasteiger charge is -2.35. The molecule has 0 atom stereocenters. The molecule has 0 amide bonds. The molecule has 0 radical (unpaired) electrons. The minimum absolute atomic E-state index is 0.0358. The van der Waals surface area contributed by atoms with E-state index in [9.17, 15) is 21.2 Å². The molecule has 3 rings (SSSR count). The first-order chi connectivity index (χ1) is 14.2.